The third kappa shape index (κ3) is 3.24. The van der Waals surface area contributed by atoms with E-state index in [0.29, 0.717) is 5.92 Å². The lowest BCUT2D eigenvalue weighted by atomic mass is 9.91. The van der Waals surface area contributed by atoms with Crippen LogP contribution in [0.1, 0.15) is 46.7 Å². The van der Waals surface area contributed by atoms with E-state index in [1.165, 1.54) is 33.5 Å². The lowest BCUT2D eigenvalue weighted by molar-refractivity contribution is 0.852. The molecule has 1 heteroatoms. The van der Waals surface area contributed by atoms with Crippen LogP contribution in [-0.2, 0) is 0 Å². The van der Waals surface area contributed by atoms with Crippen LogP contribution in [-0.4, -0.2) is 0 Å². The standard InChI is InChI=1S/C22H25N/c1-15-13-16(2)22(17(3)14-15)23-18(4)20-11-7-8-12-21(20)19-9-5-6-10-19/h5-14,18-19,23H,1-4H3. The predicted octanol–water partition coefficient (Wildman–Crippen LogP) is 5.99. The monoisotopic (exact) mass is 303 g/mol. The van der Waals surface area contributed by atoms with Crippen LogP contribution in [0.4, 0.5) is 5.69 Å². The molecule has 0 fully saturated rings. The third-order valence-electron chi connectivity index (χ3n) is 4.61. The third-order valence-corrected chi connectivity index (χ3v) is 4.61. The first-order valence-electron chi connectivity index (χ1n) is 8.34. The van der Waals surface area contributed by atoms with Crippen molar-refractivity contribution in [2.45, 2.75) is 39.7 Å². The highest BCUT2D eigenvalue weighted by atomic mass is 14.9. The first-order chi connectivity index (χ1) is 11.1. The second-order valence-corrected chi connectivity index (χ2v) is 6.56. The van der Waals surface area contributed by atoms with Gasteiger partial charge in [0.2, 0.25) is 0 Å². The maximum Gasteiger partial charge on any atom is 0.0488 e. The molecule has 0 aliphatic heterocycles. The maximum absolute atomic E-state index is 3.74. The summed E-state index contributed by atoms with van der Waals surface area (Å²) < 4.78 is 0. The van der Waals surface area contributed by atoms with Crippen molar-refractivity contribution in [3.05, 3.63) is 88.5 Å². The van der Waals surface area contributed by atoms with E-state index < -0.39 is 0 Å². The molecule has 1 aliphatic carbocycles. The summed E-state index contributed by atoms with van der Waals surface area (Å²) in [6.07, 6.45) is 8.78. The quantitative estimate of drug-likeness (QED) is 0.731. The van der Waals surface area contributed by atoms with E-state index in [2.05, 4.69) is 93.7 Å². The van der Waals surface area contributed by atoms with Crippen molar-refractivity contribution in [2.75, 3.05) is 5.32 Å². The first kappa shape index (κ1) is 15.6. The molecule has 1 N–H and O–H groups in total. The van der Waals surface area contributed by atoms with Gasteiger partial charge in [0.1, 0.15) is 0 Å². The van der Waals surface area contributed by atoms with Crippen LogP contribution < -0.4 is 5.32 Å². The Morgan fingerprint density at radius 1 is 0.913 bits per heavy atom. The summed E-state index contributed by atoms with van der Waals surface area (Å²) in [6, 6.07) is 13.5. The molecule has 0 aromatic heterocycles. The van der Waals surface area contributed by atoms with E-state index in [1.54, 1.807) is 0 Å². The Balaban J connectivity index is 1.91. The summed E-state index contributed by atoms with van der Waals surface area (Å²) in [5.41, 5.74) is 7.96. The summed E-state index contributed by atoms with van der Waals surface area (Å²) in [5, 5.41) is 3.74. The fourth-order valence-corrected chi connectivity index (χ4v) is 3.55. The molecule has 2 aromatic carbocycles. The molecule has 1 unspecified atom stereocenters. The van der Waals surface area contributed by atoms with Crippen LogP contribution in [0.3, 0.4) is 0 Å². The zero-order valence-electron chi connectivity index (χ0n) is 14.4. The predicted molar refractivity (Wildman–Crippen MR) is 100 cm³/mol. The summed E-state index contributed by atoms with van der Waals surface area (Å²) in [6.45, 7) is 8.77. The molecular formula is C22H25N. The van der Waals surface area contributed by atoms with Gasteiger partial charge in [-0.1, -0.05) is 66.3 Å². The smallest absolute Gasteiger partial charge is 0.0488 e. The van der Waals surface area contributed by atoms with Crippen molar-refractivity contribution in [2.24, 2.45) is 0 Å². The van der Waals surface area contributed by atoms with Gasteiger partial charge in [-0.25, -0.2) is 0 Å². The van der Waals surface area contributed by atoms with Crippen molar-refractivity contribution in [3.63, 3.8) is 0 Å². The van der Waals surface area contributed by atoms with Gasteiger partial charge in [-0.3, -0.25) is 0 Å². The summed E-state index contributed by atoms with van der Waals surface area (Å²) in [5.74, 6) is 0.399. The van der Waals surface area contributed by atoms with Gasteiger partial charge < -0.3 is 5.32 Å². The molecule has 118 valence electrons. The number of allylic oxidation sites excluding steroid dienone is 4. The zero-order chi connectivity index (χ0) is 16.4. The average Bonchev–Trinajstić information content (AvgIpc) is 3.05. The molecule has 0 amide bonds. The number of rotatable bonds is 4. The first-order valence-corrected chi connectivity index (χ1v) is 8.34. The van der Waals surface area contributed by atoms with Crippen LogP contribution in [0.25, 0.3) is 0 Å². The van der Waals surface area contributed by atoms with Gasteiger partial charge in [0.15, 0.2) is 0 Å². The number of aryl methyl sites for hydroxylation is 3. The highest BCUT2D eigenvalue weighted by molar-refractivity contribution is 5.59. The number of hydrogen-bond donors (Lipinski definition) is 1. The van der Waals surface area contributed by atoms with Crippen LogP contribution >= 0.6 is 0 Å². The topological polar surface area (TPSA) is 12.0 Å². The fourth-order valence-electron chi connectivity index (χ4n) is 3.55. The van der Waals surface area contributed by atoms with Gasteiger partial charge in [-0.05, 0) is 49.9 Å². The Bertz CT molecular complexity index is 732. The Morgan fingerprint density at radius 2 is 1.52 bits per heavy atom. The molecule has 1 atom stereocenters. The normalized spacial score (nSPS) is 15.1. The lowest BCUT2D eigenvalue weighted by Crippen LogP contribution is -2.12. The fraction of sp³-hybridized carbons (Fsp3) is 0.273. The Morgan fingerprint density at radius 3 is 2.17 bits per heavy atom. The van der Waals surface area contributed by atoms with Crippen molar-refractivity contribution in [1.29, 1.82) is 0 Å². The highest BCUT2D eigenvalue weighted by Gasteiger charge is 2.17. The van der Waals surface area contributed by atoms with Crippen LogP contribution in [0.15, 0.2) is 60.7 Å². The number of benzene rings is 2. The summed E-state index contributed by atoms with van der Waals surface area (Å²) >= 11 is 0. The minimum Gasteiger partial charge on any atom is -0.378 e. The molecule has 0 radical (unpaired) electrons. The number of anilines is 1. The average molecular weight is 303 g/mol. The van der Waals surface area contributed by atoms with Gasteiger partial charge in [-0.2, -0.15) is 0 Å². The maximum atomic E-state index is 3.74. The van der Waals surface area contributed by atoms with Crippen molar-refractivity contribution in [3.8, 4) is 0 Å². The van der Waals surface area contributed by atoms with E-state index in [0.717, 1.165) is 0 Å². The van der Waals surface area contributed by atoms with Crippen molar-refractivity contribution in [1.82, 2.24) is 0 Å². The molecule has 3 rings (SSSR count). The lowest BCUT2D eigenvalue weighted by Gasteiger charge is -2.23. The molecule has 0 heterocycles. The van der Waals surface area contributed by atoms with E-state index in [4.69, 9.17) is 0 Å². The van der Waals surface area contributed by atoms with Gasteiger partial charge in [0.05, 0.1) is 0 Å². The SMILES string of the molecule is Cc1cc(C)c(NC(C)c2ccccc2C2C=CC=C2)c(C)c1. The highest BCUT2D eigenvalue weighted by Crippen LogP contribution is 2.32. The van der Waals surface area contributed by atoms with Crippen LogP contribution in [0.2, 0.25) is 0 Å². The van der Waals surface area contributed by atoms with Gasteiger partial charge >= 0.3 is 0 Å². The molecule has 23 heavy (non-hydrogen) atoms. The molecule has 0 saturated carbocycles. The van der Waals surface area contributed by atoms with Crippen LogP contribution in [0.5, 0.6) is 0 Å². The summed E-state index contributed by atoms with van der Waals surface area (Å²) in [4.78, 5) is 0. The van der Waals surface area contributed by atoms with Crippen molar-refractivity contribution >= 4 is 5.69 Å². The van der Waals surface area contributed by atoms with Gasteiger partial charge in [-0.15, -0.1) is 0 Å². The molecular weight excluding hydrogens is 278 g/mol. The Hall–Kier alpha value is -2.28. The minimum absolute atomic E-state index is 0.272. The molecule has 0 saturated heterocycles. The molecule has 1 aliphatic rings. The van der Waals surface area contributed by atoms with Gasteiger partial charge in [0, 0.05) is 17.6 Å². The molecule has 0 spiro atoms. The van der Waals surface area contributed by atoms with E-state index in [1.807, 2.05) is 0 Å². The summed E-state index contributed by atoms with van der Waals surface area (Å²) in [7, 11) is 0. The van der Waals surface area contributed by atoms with E-state index in [-0.39, 0.29) is 6.04 Å². The van der Waals surface area contributed by atoms with Gasteiger partial charge in [0.25, 0.3) is 0 Å². The number of hydrogen-bond acceptors (Lipinski definition) is 1. The molecule has 0 bridgehead atoms. The largest absolute Gasteiger partial charge is 0.378 e. The molecule has 1 nitrogen and oxygen atoms in total. The Labute approximate surface area is 139 Å². The second-order valence-electron chi connectivity index (χ2n) is 6.56. The van der Waals surface area contributed by atoms with Crippen molar-refractivity contribution < 1.29 is 0 Å². The second kappa shape index (κ2) is 6.45. The number of nitrogens with one attached hydrogen (secondary N) is 1. The zero-order valence-corrected chi connectivity index (χ0v) is 14.4. The minimum atomic E-state index is 0.272. The molecule has 2 aromatic rings. The van der Waals surface area contributed by atoms with E-state index >= 15 is 0 Å². The Kier molecular flexibility index (Phi) is 4.38. The van der Waals surface area contributed by atoms with E-state index in [9.17, 15) is 0 Å². The van der Waals surface area contributed by atoms with Crippen LogP contribution in [0, 0.1) is 20.8 Å².